The fourth-order valence-electron chi connectivity index (χ4n) is 2.88. The number of esters is 1. The third kappa shape index (κ3) is 3.92. The standard InChI is InChI=1S/C19H19ClN2O3S/c1-3-25-19(24)9-12(2)22-16(14-10-13(20)6-7-17(14)23)11-15(21-22)18-5-4-8-26-18/h4-10,16,23H,3,11H2,1-2H3/b12-9+/t16-/m0/s1. The Morgan fingerprint density at radius 3 is 3.00 bits per heavy atom. The highest BCUT2D eigenvalue weighted by atomic mass is 35.5. The molecule has 1 aliphatic rings. The van der Waals surface area contributed by atoms with E-state index in [1.54, 1.807) is 48.4 Å². The number of nitrogens with zero attached hydrogens (tertiary/aromatic N) is 2. The number of hydrazone groups is 1. The Kier molecular flexibility index (Phi) is 5.64. The van der Waals surface area contributed by atoms with Crippen LogP contribution in [0.25, 0.3) is 0 Å². The molecule has 0 aliphatic carbocycles. The van der Waals surface area contributed by atoms with Crippen molar-refractivity contribution in [1.82, 2.24) is 5.01 Å². The van der Waals surface area contributed by atoms with E-state index < -0.39 is 5.97 Å². The summed E-state index contributed by atoms with van der Waals surface area (Å²) in [5.41, 5.74) is 2.21. The van der Waals surface area contributed by atoms with Crippen LogP contribution in [0.1, 0.15) is 36.8 Å². The van der Waals surface area contributed by atoms with Gasteiger partial charge in [-0.05, 0) is 43.5 Å². The van der Waals surface area contributed by atoms with E-state index in [-0.39, 0.29) is 11.8 Å². The molecule has 1 aliphatic heterocycles. The van der Waals surface area contributed by atoms with Gasteiger partial charge in [0.2, 0.25) is 0 Å². The second kappa shape index (κ2) is 7.93. The first-order valence-electron chi connectivity index (χ1n) is 8.23. The lowest BCUT2D eigenvalue weighted by Gasteiger charge is -2.25. The fourth-order valence-corrected chi connectivity index (χ4v) is 3.78. The van der Waals surface area contributed by atoms with Gasteiger partial charge in [-0.25, -0.2) is 4.79 Å². The van der Waals surface area contributed by atoms with Crippen LogP contribution in [0.5, 0.6) is 5.75 Å². The molecular formula is C19H19ClN2O3S. The summed E-state index contributed by atoms with van der Waals surface area (Å²) < 4.78 is 5.00. The molecule has 1 atom stereocenters. The monoisotopic (exact) mass is 390 g/mol. The van der Waals surface area contributed by atoms with Crippen molar-refractivity contribution < 1.29 is 14.6 Å². The summed E-state index contributed by atoms with van der Waals surface area (Å²) in [7, 11) is 0. The Morgan fingerprint density at radius 1 is 1.50 bits per heavy atom. The van der Waals surface area contributed by atoms with E-state index >= 15 is 0 Å². The largest absolute Gasteiger partial charge is 0.508 e. The second-order valence-electron chi connectivity index (χ2n) is 5.83. The summed E-state index contributed by atoms with van der Waals surface area (Å²) in [5.74, 6) is -0.269. The zero-order valence-electron chi connectivity index (χ0n) is 14.5. The molecule has 5 nitrogen and oxygen atoms in total. The Bertz CT molecular complexity index is 862. The molecule has 0 unspecified atom stereocenters. The molecule has 3 rings (SSSR count). The van der Waals surface area contributed by atoms with Gasteiger partial charge in [-0.2, -0.15) is 5.10 Å². The molecule has 0 saturated carbocycles. The number of thiophene rings is 1. The SMILES string of the molecule is CCOC(=O)/C=C(\C)N1N=C(c2cccs2)C[C@H]1c1cc(Cl)ccc1O. The van der Waals surface area contributed by atoms with Crippen LogP contribution in [0.2, 0.25) is 5.02 Å². The zero-order valence-corrected chi connectivity index (χ0v) is 16.0. The summed E-state index contributed by atoms with van der Waals surface area (Å²) in [6, 6.07) is 8.67. The van der Waals surface area contributed by atoms with E-state index in [2.05, 4.69) is 0 Å². The zero-order chi connectivity index (χ0) is 18.7. The van der Waals surface area contributed by atoms with Gasteiger partial charge < -0.3 is 9.84 Å². The summed E-state index contributed by atoms with van der Waals surface area (Å²) >= 11 is 7.73. The second-order valence-corrected chi connectivity index (χ2v) is 7.21. The number of phenolic OH excluding ortho intramolecular Hbond substituents is 1. The minimum atomic E-state index is -0.418. The van der Waals surface area contributed by atoms with Crippen molar-refractivity contribution in [2.75, 3.05) is 6.61 Å². The number of allylic oxidation sites excluding steroid dienone is 1. The van der Waals surface area contributed by atoms with Gasteiger partial charge in [0, 0.05) is 28.8 Å². The van der Waals surface area contributed by atoms with Crippen LogP contribution in [-0.4, -0.2) is 28.4 Å². The molecule has 26 heavy (non-hydrogen) atoms. The van der Waals surface area contributed by atoms with Gasteiger partial charge in [0.15, 0.2) is 0 Å². The molecule has 0 radical (unpaired) electrons. The van der Waals surface area contributed by atoms with E-state index in [9.17, 15) is 9.90 Å². The van der Waals surface area contributed by atoms with Gasteiger partial charge in [0.1, 0.15) is 5.75 Å². The topological polar surface area (TPSA) is 62.1 Å². The van der Waals surface area contributed by atoms with Crippen LogP contribution in [0.15, 0.2) is 52.6 Å². The highest BCUT2D eigenvalue weighted by Crippen LogP contribution is 2.40. The van der Waals surface area contributed by atoms with Crippen molar-refractivity contribution in [3.05, 3.63) is 62.9 Å². The average molecular weight is 391 g/mol. The van der Waals surface area contributed by atoms with Crippen molar-refractivity contribution in [3.8, 4) is 5.75 Å². The lowest BCUT2D eigenvalue weighted by atomic mass is 10.00. The van der Waals surface area contributed by atoms with E-state index in [4.69, 9.17) is 21.4 Å². The minimum absolute atomic E-state index is 0.149. The number of carbonyl (C=O) groups excluding carboxylic acids is 1. The van der Waals surface area contributed by atoms with Crippen molar-refractivity contribution >= 4 is 34.6 Å². The Balaban J connectivity index is 1.99. The number of carbonyl (C=O) groups is 1. The first-order valence-corrected chi connectivity index (χ1v) is 9.49. The van der Waals surface area contributed by atoms with Crippen LogP contribution in [0.4, 0.5) is 0 Å². The number of aromatic hydroxyl groups is 1. The molecule has 2 heterocycles. The van der Waals surface area contributed by atoms with Crippen LogP contribution in [0, 0.1) is 0 Å². The van der Waals surface area contributed by atoms with Gasteiger partial charge in [0.25, 0.3) is 0 Å². The summed E-state index contributed by atoms with van der Waals surface area (Å²) in [4.78, 5) is 12.9. The molecule has 136 valence electrons. The number of rotatable bonds is 5. The van der Waals surface area contributed by atoms with Crippen LogP contribution >= 0.6 is 22.9 Å². The number of benzene rings is 1. The molecule has 0 saturated heterocycles. The summed E-state index contributed by atoms with van der Waals surface area (Å²) in [6.45, 7) is 3.87. The maximum Gasteiger partial charge on any atom is 0.332 e. The quantitative estimate of drug-likeness (QED) is 0.592. The molecule has 0 amide bonds. The van der Waals surface area contributed by atoms with Crippen molar-refractivity contribution in [3.63, 3.8) is 0 Å². The first kappa shape index (κ1) is 18.5. The third-order valence-corrected chi connectivity index (χ3v) is 5.19. The van der Waals surface area contributed by atoms with Gasteiger partial charge in [-0.3, -0.25) is 5.01 Å². The third-order valence-electron chi connectivity index (χ3n) is 4.04. The van der Waals surface area contributed by atoms with Gasteiger partial charge >= 0.3 is 5.97 Å². The minimum Gasteiger partial charge on any atom is -0.508 e. The van der Waals surface area contributed by atoms with Crippen LogP contribution in [-0.2, 0) is 9.53 Å². The molecule has 0 spiro atoms. The summed E-state index contributed by atoms with van der Waals surface area (Å²) in [5, 5.41) is 19.3. The van der Waals surface area contributed by atoms with E-state index in [0.29, 0.717) is 29.3 Å². The molecule has 1 aromatic carbocycles. The summed E-state index contributed by atoms with van der Waals surface area (Å²) in [6.07, 6.45) is 2.02. The smallest absolute Gasteiger partial charge is 0.332 e. The van der Waals surface area contributed by atoms with Crippen LogP contribution < -0.4 is 0 Å². The van der Waals surface area contributed by atoms with E-state index in [1.807, 2.05) is 17.5 Å². The molecule has 0 fully saturated rings. The predicted molar refractivity (Wildman–Crippen MR) is 104 cm³/mol. The van der Waals surface area contributed by atoms with Gasteiger partial charge in [-0.1, -0.05) is 17.7 Å². The normalized spacial score (nSPS) is 17.3. The lowest BCUT2D eigenvalue weighted by molar-refractivity contribution is -0.137. The van der Waals surface area contributed by atoms with E-state index in [1.165, 1.54) is 6.08 Å². The number of hydrogen-bond donors (Lipinski definition) is 1. The van der Waals surface area contributed by atoms with Crippen molar-refractivity contribution in [2.45, 2.75) is 26.3 Å². The molecule has 2 aromatic rings. The van der Waals surface area contributed by atoms with E-state index in [0.717, 1.165) is 10.6 Å². The number of halogens is 1. The van der Waals surface area contributed by atoms with Gasteiger partial charge in [-0.15, -0.1) is 11.3 Å². The number of phenols is 1. The Morgan fingerprint density at radius 2 is 2.31 bits per heavy atom. The first-order chi connectivity index (χ1) is 12.5. The molecule has 7 heteroatoms. The average Bonchev–Trinajstić information content (AvgIpc) is 3.26. The Labute approximate surface area is 161 Å². The van der Waals surface area contributed by atoms with Gasteiger partial charge in [0.05, 0.1) is 23.2 Å². The number of ether oxygens (including phenoxy) is 1. The fraction of sp³-hybridized carbons (Fsp3) is 0.263. The predicted octanol–water partition coefficient (Wildman–Crippen LogP) is 4.73. The van der Waals surface area contributed by atoms with Crippen molar-refractivity contribution in [1.29, 1.82) is 0 Å². The maximum absolute atomic E-state index is 11.8. The van der Waals surface area contributed by atoms with Crippen LogP contribution in [0.3, 0.4) is 0 Å². The molecule has 1 aromatic heterocycles. The molecule has 1 N–H and O–H groups in total. The Hall–Kier alpha value is -2.31. The highest BCUT2D eigenvalue weighted by Gasteiger charge is 2.32. The molecule has 0 bridgehead atoms. The highest BCUT2D eigenvalue weighted by molar-refractivity contribution is 7.12. The maximum atomic E-state index is 11.8. The number of hydrogen-bond acceptors (Lipinski definition) is 6. The van der Waals surface area contributed by atoms with Crippen molar-refractivity contribution in [2.24, 2.45) is 5.10 Å². The lowest BCUT2D eigenvalue weighted by Crippen LogP contribution is -2.19. The molecular weight excluding hydrogens is 372 g/mol.